The number of carbonyl (C=O) groups excluding carboxylic acids is 1. The third kappa shape index (κ3) is 5.66. The molecule has 6 nitrogen and oxygen atoms in total. The molecule has 1 aliphatic rings. The Morgan fingerprint density at radius 1 is 1.06 bits per heavy atom. The van der Waals surface area contributed by atoms with Crippen LogP contribution in [0.4, 0.5) is 19.0 Å². The van der Waals surface area contributed by atoms with Crippen LogP contribution in [-0.2, 0) is 6.18 Å². The number of piperazine rings is 1. The third-order valence-electron chi connectivity index (χ3n) is 5.45. The molecule has 10 heteroatoms. The number of nitrogens with zero attached hydrogens (tertiary/aromatic N) is 4. The molecule has 0 atom stereocenters. The van der Waals surface area contributed by atoms with Crippen LogP contribution in [0.25, 0.3) is 0 Å². The maximum absolute atomic E-state index is 13.1. The molecular formula is C25H20ClF3N4O2. The van der Waals surface area contributed by atoms with E-state index in [4.69, 9.17) is 16.3 Å². The molecule has 3 heterocycles. The van der Waals surface area contributed by atoms with Gasteiger partial charge in [0, 0.05) is 44.1 Å². The Kier molecular flexibility index (Phi) is 7.12. The Bertz CT molecular complexity index is 1280. The number of rotatable bonds is 3. The number of pyridine rings is 2. The van der Waals surface area contributed by atoms with Crippen molar-refractivity contribution in [2.75, 3.05) is 38.2 Å². The number of anilines is 1. The van der Waals surface area contributed by atoms with Gasteiger partial charge in [-0.05, 0) is 42.3 Å². The second-order valence-electron chi connectivity index (χ2n) is 7.69. The second-order valence-corrected chi connectivity index (χ2v) is 8.09. The highest BCUT2D eigenvalue weighted by Gasteiger charge is 2.32. The van der Waals surface area contributed by atoms with Crippen LogP contribution in [0.15, 0.2) is 54.9 Å². The second kappa shape index (κ2) is 10.2. The van der Waals surface area contributed by atoms with E-state index < -0.39 is 11.7 Å². The Morgan fingerprint density at radius 2 is 1.83 bits per heavy atom. The molecule has 1 saturated heterocycles. The average Bonchev–Trinajstić information content (AvgIpc) is 2.87. The van der Waals surface area contributed by atoms with E-state index in [2.05, 4.69) is 21.8 Å². The van der Waals surface area contributed by atoms with Crippen molar-refractivity contribution in [3.05, 3.63) is 82.3 Å². The van der Waals surface area contributed by atoms with Crippen LogP contribution < -0.4 is 9.64 Å². The van der Waals surface area contributed by atoms with Crippen molar-refractivity contribution in [2.24, 2.45) is 0 Å². The minimum atomic E-state index is -4.51. The van der Waals surface area contributed by atoms with Gasteiger partial charge in [-0.3, -0.25) is 4.79 Å². The first-order valence-electron chi connectivity index (χ1n) is 10.6. The van der Waals surface area contributed by atoms with E-state index in [9.17, 15) is 18.0 Å². The number of carbonyl (C=O) groups is 1. The highest BCUT2D eigenvalue weighted by molar-refractivity contribution is 6.33. The topological polar surface area (TPSA) is 58.6 Å². The summed E-state index contributed by atoms with van der Waals surface area (Å²) in [4.78, 5) is 24.7. The molecule has 35 heavy (non-hydrogen) atoms. The number of methoxy groups -OCH3 is 1. The van der Waals surface area contributed by atoms with Crippen LogP contribution in [-0.4, -0.2) is 54.1 Å². The maximum Gasteiger partial charge on any atom is 0.417 e. The fraction of sp³-hybridized carbons (Fsp3) is 0.240. The number of amides is 1. The summed E-state index contributed by atoms with van der Waals surface area (Å²) in [5.74, 6) is 6.60. The lowest BCUT2D eigenvalue weighted by Gasteiger charge is -2.36. The number of hydrogen-bond donors (Lipinski definition) is 0. The van der Waals surface area contributed by atoms with Gasteiger partial charge < -0.3 is 14.5 Å². The summed E-state index contributed by atoms with van der Waals surface area (Å²) in [6.45, 7) is 1.48. The SMILES string of the molecule is COc1ccc(C(=O)N2CCN(c3ncc(C(F)(F)F)cc3Cl)CC2)cc1C#Cc1ccccn1. The summed E-state index contributed by atoms with van der Waals surface area (Å²) in [5, 5.41) is -0.0779. The van der Waals surface area contributed by atoms with E-state index in [-0.39, 0.29) is 16.7 Å². The van der Waals surface area contributed by atoms with Gasteiger partial charge in [0.2, 0.25) is 0 Å². The number of alkyl halides is 3. The molecule has 180 valence electrons. The molecule has 0 aliphatic carbocycles. The van der Waals surface area contributed by atoms with Crippen LogP contribution in [0.3, 0.4) is 0 Å². The highest BCUT2D eigenvalue weighted by atomic mass is 35.5. The van der Waals surface area contributed by atoms with Gasteiger partial charge in [-0.2, -0.15) is 13.2 Å². The summed E-state index contributed by atoms with van der Waals surface area (Å²) in [6, 6.07) is 11.3. The van der Waals surface area contributed by atoms with Crippen LogP contribution >= 0.6 is 11.6 Å². The van der Waals surface area contributed by atoms with E-state index in [1.54, 1.807) is 46.3 Å². The zero-order valence-electron chi connectivity index (χ0n) is 18.6. The first-order valence-corrected chi connectivity index (χ1v) is 11.0. The predicted octanol–water partition coefficient (Wildman–Crippen LogP) is 4.52. The lowest BCUT2D eigenvalue weighted by atomic mass is 10.1. The minimum absolute atomic E-state index is 0.0779. The van der Waals surface area contributed by atoms with Gasteiger partial charge in [0.1, 0.15) is 17.3 Å². The van der Waals surface area contributed by atoms with Crippen molar-refractivity contribution in [2.45, 2.75) is 6.18 Å². The first-order chi connectivity index (χ1) is 16.8. The van der Waals surface area contributed by atoms with E-state index in [1.165, 1.54) is 7.11 Å². The Labute approximate surface area is 205 Å². The molecule has 2 aromatic heterocycles. The zero-order chi connectivity index (χ0) is 25.0. The summed E-state index contributed by atoms with van der Waals surface area (Å²) in [6.07, 6.45) is -2.10. The highest BCUT2D eigenvalue weighted by Crippen LogP contribution is 2.33. The summed E-state index contributed by atoms with van der Waals surface area (Å²) in [5.41, 5.74) is 0.707. The van der Waals surface area contributed by atoms with Gasteiger partial charge in [0.15, 0.2) is 0 Å². The van der Waals surface area contributed by atoms with Gasteiger partial charge in [-0.25, -0.2) is 9.97 Å². The molecule has 0 saturated carbocycles. The molecule has 1 fully saturated rings. The summed E-state index contributed by atoms with van der Waals surface area (Å²) in [7, 11) is 1.53. The van der Waals surface area contributed by atoms with Gasteiger partial charge in [-0.1, -0.05) is 23.6 Å². The lowest BCUT2D eigenvalue weighted by Crippen LogP contribution is -2.49. The predicted molar refractivity (Wildman–Crippen MR) is 126 cm³/mol. The van der Waals surface area contributed by atoms with Gasteiger partial charge in [0.25, 0.3) is 5.91 Å². The van der Waals surface area contributed by atoms with Crippen molar-refractivity contribution in [1.82, 2.24) is 14.9 Å². The van der Waals surface area contributed by atoms with Gasteiger partial charge in [0.05, 0.1) is 23.3 Å². The number of halogens is 4. The van der Waals surface area contributed by atoms with Crippen LogP contribution in [0.1, 0.15) is 27.2 Å². The Balaban J connectivity index is 1.46. The molecule has 1 amide bonds. The smallest absolute Gasteiger partial charge is 0.417 e. The average molecular weight is 501 g/mol. The molecule has 0 N–H and O–H groups in total. The van der Waals surface area contributed by atoms with Gasteiger partial charge in [-0.15, -0.1) is 0 Å². The first kappa shape index (κ1) is 24.4. The van der Waals surface area contributed by atoms with Crippen LogP contribution in [0.2, 0.25) is 5.02 Å². The van der Waals surface area contributed by atoms with E-state index in [0.717, 1.165) is 12.3 Å². The van der Waals surface area contributed by atoms with E-state index in [1.807, 2.05) is 6.07 Å². The summed E-state index contributed by atoms with van der Waals surface area (Å²) >= 11 is 6.07. The molecule has 0 bridgehead atoms. The molecule has 4 rings (SSSR count). The molecule has 1 aromatic carbocycles. The lowest BCUT2D eigenvalue weighted by molar-refractivity contribution is -0.137. The van der Waals surface area contributed by atoms with Crippen LogP contribution in [0, 0.1) is 11.8 Å². The third-order valence-corrected chi connectivity index (χ3v) is 5.73. The number of aromatic nitrogens is 2. The minimum Gasteiger partial charge on any atom is -0.495 e. The number of ether oxygens (including phenoxy) is 1. The molecule has 0 unspecified atom stereocenters. The largest absolute Gasteiger partial charge is 0.495 e. The number of hydrogen-bond acceptors (Lipinski definition) is 5. The molecule has 0 spiro atoms. The normalized spacial score (nSPS) is 13.7. The van der Waals surface area contributed by atoms with Gasteiger partial charge >= 0.3 is 6.18 Å². The fourth-order valence-corrected chi connectivity index (χ4v) is 3.91. The van der Waals surface area contributed by atoms with Crippen molar-refractivity contribution in [1.29, 1.82) is 0 Å². The standard InChI is InChI=1S/C25H20ClF3N4O2/c1-35-22-8-6-18(14-17(22)5-7-20-4-2-3-9-30-20)24(34)33-12-10-32(11-13-33)23-21(26)15-19(16-31-23)25(27,28)29/h2-4,6,8-9,14-16H,10-13H2,1H3. The monoisotopic (exact) mass is 500 g/mol. The van der Waals surface area contributed by atoms with Crippen LogP contribution in [0.5, 0.6) is 5.75 Å². The quantitative estimate of drug-likeness (QED) is 0.495. The molecule has 0 radical (unpaired) electrons. The zero-order valence-corrected chi connectivity index (χ0v) is 19.4. The fourth-order valence-electron chi connectivity index (χ4n) is 3.63. The van der Waals surface area contributed by atoms with Crippen molar-refractivity contribution in [3.8, 4) is 17.6 Å². The van der Waals surface area contributed by atoms with Crippen molar-refractivity contribution < 1.29 is 22.7 Å². The molecule has 3 aromatic rings. The van der Waals surface area contributed by atoms with Crippen molar-refractivity contribution >= 4 is 23.3 Å². The van der Waals surface area contributed by atoms with Crippen molar-refractivity contribution in [3.63, 3.8) is 0 Å². The number of benzene rings is 1. The summed E-state index contributed by atoms with van der Waals surface area (Å²) < 4.78 is 44.0. The van der Waals surface area contributed by atoms with E-state index in [0.29, 0.717) is 48.7 Å². The molecular weight excluding hydrogens is 481 g/mol. The van der Waals surface area contributed by atoms with E-state index >= 15 is 0 Å². The Morgan fingerprint density at radius 3 is 2.46 bits per heavy atom. The maximum atomic E-state index is 13.1. The Hall–Kier alpha value is -3.77. The molecule has 1 aliphatic heterocycles.